The number of ether oxygens (including phenoxy) is 3. The van der Waals surface area contributed by atoms with Crippen LogP contribution in [0, 0.1) is 5.92 Å². The van der Waals surface area contributed by atoms with Gasteiger partial charge in [-0.3, -0.25) is 0 Å². The molecular formula is C15H18O5. The van der Waals surface area contributed by atoms with E-state index in [1.807, 2.05) is 0 Å². The Morgan fingerprint density at radius 1 is 1.45 bits per heavy atom. The Bertz CT molecular complexity index is 491. The van der Waals surface area contributed by atoms with Gasteiger partial charge in [0.15, 0.2) is 6.79 Å². The Kier molecular flexibility index (Phi) is 5.01. The number of rotatable bonds is 8. The Balaban J connectivity index is 1.99. The van der Waals surface area contributed by atoms with E-state index in [9.17, 15) is 4.79 Å². The summed E-state index contributed by atoms with van der Waals surface area (Å²) in [5, 5.41) is 8.67. The quantitative estimate of drug-likeness (QED) is 0.450. The third-order valence-corrected chi connectivity index (χ3v) is 2.97. The van der Waals surface area contributed by atoms with Gasteiger partial charge < -0.3 is 19.3 Å². The van der Waals surface area contributed by atoms with Crippen LogP contribution >= 0.6 is 0 Å². The first-order valence-corrected chi connectivity index (χ1v) is 6.48. The third-order valence-electron chi connectivity index (χ3n) is 2.97. The van der Waals surface area contributed by atoms with E-state index in [2.05, 4.69) is 0 Å². The maximum Gasteiger partial charge on any atom is 0.328 e. The smallest absolute Gasteiger partial charge is 0.328 e. The van der Waals surface area contributed by atoms with Crippen LogP contribution in [0.25, 0.3) is 6.08 Å². The molecular weight excluding hydrogens is 260 g/mol. The van der Waals surface area contributed by atoms with Crippen LogP contribution in [0.2, 0.25) is 0 Å². The molecule has 2 rings (SSSR count). The van der Waals surface area contributed by atoms with Gasteiger partial charge in [-0.15, -0.1) is 0 Å². The molecule has 0 radical (unpaired) electrons. The maximum absolute atomic E-state index is 10.6. The summed E-state index contributed by atoms with van der Waals surface area (Å²) in [6.07, 6.45) is 5.01. The van der Waals surface area contributed by atoms with Crippen molar-refractivity contribution in [1.29, 1.82) is 0 Å². The molecule has 1 N–H and O–H groups in total. The molecule has 0 unspecified atom stereocenters. The highest BCUT2D eigenvalue weighted by Gasteiger charge is 2.21. The van der Waals surface area contributed by atoms with Gasteiger partial charge in [0.25, 0.3) is 0 Å². The second kappa shape index (κ2) is 6.96. The molecule has 5 nitrogen and oxygen atoms in total. The lowest BCUT2D eigenvalue weighted by Crippen LogP contribution is -2.06. The van der Waals surface area contributed by atoms with Crippen LogP contribution in [-0.4, -0.2) is 31.6 Å². The molecule has 1 aromatic carbocycles. The molecule has 1 aromatic rings. The zero-order valence-electron chi connectivity index (χ0n) is 11.4. The number of carboxylic acids is 1. The van der Waals surface area contributed by atoms with Crippen LogP contribution in [0.3, 0.4) is 0 Å². The first-order chi connectivity index (χ1) is 9.69. The molecule has 0 saturated heterocycles. The topological polar surface area (TPSA) is 65.0 Å². The van der Waals surface area contributed by atoms with Crippen molar-refractivity contribution < 1.29 is 24.1 Å². The monoisotopic (exact) mass is 278 g/mol. The molecule has 20 heavy (non-hydrogen) atoms. The fourth-order valence-electron chi connectivity index (χ4n) is 1.67. The van der Waals surface area contributed by atoms with Gasteiger partial charge in [-0.1, -0.05) is 0 Å². The van der Waals surface area contributed by atoms with Crippen molar-refractivity contribution in [1.82, 2.24) is 0 Å². The van der Waals surface area contributed by atoms with Gasteiger partial charge in [-0.2, -0.15) is 0 Å². The molecule has 1 fully saturated rings. The predicted molar refractivity (Wildman–Crippen MR) is 73.8 cm³/mol. The molecule has 1 aliphatic carbocycles. The van der Waals surface area contributed by atoms with Crippen LogP contribution in [0.5, 0.6) is 11.5 Å². The lowest BCUT2D eigenvalue weighted by molar-refractivity contribution is -0.131. The van der Waals surface area contributed by atoms with Gasteiger partial charge in [0.05, 0.1) is 13.7 Å². The zero-order valence-corrected chi connectivity index (χ0v) is 11.4. The lowest BCUT2D eigenvalue weighted by atomic mass is 10.2. The van der Waals surface area contributed by atoms with Gasteiger partial charge in [-0.25, -0.2) is 4.79 Å². The van der Waals surface area contributed by atoms with Crippen LogP contribution in [0.15, 0.2) is 24.3 Å². The molecule has 0 atom stereocenters. The van der Waals surface area contributed by atoms with Crippen molar-refractivity contribution >= 4 is 12.0 Å². The fourth-order valence-corrected chi connectivity index (χ4v) is 1.67. The van der Waals surface area contributed by atoms with Crippen molar-refractivity contribution in [2.45, 2.75) is 12.8 Å². The minimum Gasteiger partial charge on any atom is -0.497 e. The van der Waals surface area contributed by atoms with Gasteiger partial charge >= 0.3 is 5.97 Å². The van der Waals surface area contributed by atoms with E-state index in [-0.39, 0.29) is 6.79 Å². The fraction of sp³-hybridized carbons (Fsp3) is 0.400. The standard InChI is InChI=1S/C15H18O5/c1-18-13-6-4-12(5-7-15(16)17)14(8-13)20-10-19-9-11-2-3-11/h4-8,11H,2-3,9-10H2,1H3,(H,16,17)/b7-5+. The second-order valence-electron chi connectivity index (χ2n) is 4.65. The molecule has 5 heteroatoms. The minimum atomic E-state index is -1.00. The van der Waals surface area contributed by atoms with Gasteiger partial charge in [0.2, 0.25) is 0 Å². The van der Waals surface area contributed by atoms with E-state index in [0.29, 0.717) is 29.6 Å². The summed E-state index contributed by atoms with van der Waals surface area (Å²) in [5.74, 6) is 0.861. The predicted octanol–water partition coefficient (Wildman–Crippen LogP) is 2.56. The summed E-state index contributed by atoms with van der Waals surface area (Å²) in [5.41, 5.74) is 0.670. The van der Waals surface area contributed by atoms with Crippen molar-refractivity contribution in [3.8, 4) is 11.5 Å². The molecule has 0 amide bonds. The van der Waals surface area contributed by atoms with Crippen molar-refractivity contribution in [3.63, 3.8) is 0 Å². The van der Waals surface area contributed by atoms with Crippen molar-refractivity contribution in [2.75, 3.05) is 20.5 Å². The second-order valence-corrected chi connectivity index (χ2v) is 4.65. The first-order valence-electron chi connectivity index (χ1n) is 6.48. The number of hydrogen-bond donors (Lipinski definition) is 1. The van der Waals surface area contributed by atoms with Crippen LogP contribution in [0.1, 0.15) is 18.4 Å². The molecule has 108 valence electrons. The van der Waals surface area contributed by atoms with Crippen molar-refractivity contribution in [3.05, 3.63) is 29.8 Å². The number of methoxy groups -OCH3 is 1. The summed E-state index contributed by atoms with van der Waals surface area (Å²) in [7, 11) is 1.56. The Hall–Kier alpha value is -2.01. The maximum atomic E-state index is 10.6. The highest BCUT2D eigenvalue weighted by Crippen LogP contribution is 2.29. The van der Waals surface area contributed by atoms with Crippen LogP contribution in [0.4, 0.5) is 0 Å². The Labute approximate surface area is 117 Å². The van der Waals surface area contributed by atoms with Crippen LogP contribution < -0.4 is 9.47 Å². The molecule has 0 aliphatic heterocycles. The average molecular weight is 278 g/mol. The minimum absolute atomic E-state index is 0.150. The number of benzene rings is 1. The summed E-state index contributed by atoms with van der Waals surface area (Å²) in [6.45, 7) is 0.863. The molecule has 0 spiro atoms. The highest BCUT2D eigenvalue weighted by atomic mass is 16.7. The van der Waals surface area contributed by atoms with E-state index < -0.39 is 5.97 Å². The number of hydrogen-bond acceptors (Lipinski definition) is 4. The first kappa shape index (κ1) is 14.4. The summed E-state index contributed by atoms with van der Waals surface area (Å²) in [4.78, 5) is 10.6. The third kappa shape index (κ3) is 4.59. The van der Waals surface area contributed by atoms with Crippen molar-refractivity contribution in [2.24, 2.45) is 5.92 Å². The summed E-state index contributed by atoms with van der Waals surface area (Å²) >= 11 is 0. The van der Waals surface area contributed by atoms with Gasteiger partial charge in [0, 0.05) is 17.7 Å². The zero-order chi connectivity index (χ0) is 14.4. The number of carbonyl (C=O) groups is 1. The Morgan fingerprint density at radius 3 is 2.90 bits per heavy atom. The van der Waals surface area contributed by atoms with E-state index in [1.54, 1.807) is 25.3 Å². The molecule has 0 bridgehead atoms. The average Bonchev–Trinajstić information content (AvgIpc) is 3.26. The molecule has 1 saturated carbocycles. The van der Waals surface area contributed by atoms with Crippen LogP contribution in [-0.2, 0) is 9.53 Å². The lowest BCUT2D eigenvalue weighted by Gasteiger charge is -2.11. The molecule has 1 aliphatic rings. The van der Waals surface area contributed by atoms with E-state index in [4.69, 9.17) is 19.3 Å². The van der Waals surface area contributed by atoms with E-state index >= 15 is 0 Å². The summed E-state index contributed by atoms with van der Waals surface area (Å²) in [6, 6.07) is 5.20. The largest absolute Gasteiger partial charge is 0.497 e. The van der Waals surface area contributed by atoms with E-state index in [1.165, 1.54) is 18.9 Å². The molecule has 0 heterocycles. The van der Waals surface area contributed by atoms with Gasteiger partial charge in [0.1, 0.15) is 11.5 Å². The normalized spacial score (nSPS) is 14.4. The number of carboxylic acid groups (broad SMARTS) is 1. The highest BCUT2D eigenvalue weighted by molar-refractivity contribution is 5.86. The summed E-state index contributed by atoms with van der Waals surface area (Å²) < 4.78 is 16.1. The Morgan fingerprint density at radius 2 is 2.25 bits per heavy atom. The van der Waals surface area contributed by atoms with Gasteiger partial charge in [-0.05, 0) is 37.0 Å². The SMILES string of the molecule is COc1ccc(/C=C/C(=O)O)c(OCOCC2CC2)c1. The van der Waals surface area contributed by atoms with E-state index in [0.717, 1.165) is 6.08 Å². The molecule has 0 aromatic heterocycles. The number of aliphatic carboxylic acids is 1.